The van der Waals surface area contributed by atoms with Crippen LogP contribution in [-0.4, -0.2) is 24.5 Å². The zero-order valence-electron chi connectivity index (χ0n) is 12.6. The molecule has 4 heteroatoms. The fraction of sp³-hybridized carbons (Fsp3) is 0.294. The number of hydrogen-bond donors (Lipinski definition) is 1. The number of hydrogen-bond acceptors (Lipinski definition) is 3. The molecule has 0 aliphatic rings. The third-order valence-electron chi connectivity index (χ3n) is 3.67. The monoisotopic (exact) mass is 284 g/mol. The molecule has 0 atom stereocenters. The number of ether oxygens (including phenoxy) is 1. The lowest BCUT2D eigenvalue weighted by Gasteiger charge is -2.13. The lowest BCUT2D eigenvalue weighted by molar-refractivity contribution is 0.0953. The van der Waals surface area contributed by atoms with Gasteiger partial charge in [-0.1, -0.05) is 6.07 Å². The Kier molecular flexibility index (Phi) is 4.93. The van der Waals surface area contributed by atoms with E-state index in [1.807, 2.05) is 13.0 Å². The van der Waals surface area contributed by atoms with Crippen LogP contribution < -0.4 is 10.1 Å². The second-order valence-electron chi connectivity index (χ2n) is 4.92. The van der Waals surface area contributed by atoms with Crippen molar-refractivity contribution >= 4 is 5.91 Å². The molecule has 1 amide bonds. The number of benzene rings is 1. The number of amides is 1. The van der Waals surface area contributed by atoms with E-state index in [2.05, 4.69) is 23.3 Å². The summed E-state index contributed by atoms with van der Waals surface area (Å²) in [5.74, 6) is 0.807. The highest BCUT2D eigenvalue weighted by Gasteiger charge is 2.08. The molecule has 0 bridgehead atoms. The van der Waals surface area contributed by atoms with Crippen LogP contribution in [0.5, 0.6) is 5.75 Å². The Hall–Kier alpha value is -2.36. The van der Waals surface area contributed by atoms with Crippen LogP contribution in [0, 0.1) is 13.8 Å². The van der Waals surface area contributed by atoms with E-state index in [-0.39, 0.29) is 5.91 Å². The van der Waals surface area contributed by atoms with Crippen LogP contribution >= 0.6 is 0 Å². The SMILES string of the molecule is COc1ccc(CCNC(=O)c2cccnc2)c(C)c1C. The molecule has 1 aromatic heterocycles. The molecular weight excluding hydrogens is 264 g/mol. The Morgan fingerprint density at radius 3 is 2.71 bits per heavy atom. The van der Waals surface area contributed by atoms with Crippen molar-refractivity contribution in [3.05, 3.63) is 58.9 Å². The van der Waals surface area contributed by atoms with Gasteiger partial charge in [0.1, 0.15) is 5.75 Å². The van der Waals surface area contributed by atoms with Crippen LogP contribution in [0.1, 0.15) is 27.0 Å². The van der Waals surface area contributed by atoms with Crippen molar-refractivity contribution in [2.75, 3.05) is 13.7 Å². The molecule has 0 aliphatic heterocycles. The minimum atomic E-state index is -0.0917. The molecule has 1 aromatic carbocycles. The van der Waals surface area contributed by atoms with Crippen LogP contribution in [0.2, 0.25) is 0 Å². The molecule has 2 rings (SSSR count). The first kappa shape index (κ1) is 15.0. The number of nitrogens with one attached hydrogen (secondary N) is 1. The van der Waals surface area contributed by atoms with E-state index in [1.165, 1.54) is 11.1 Å². The highest BCUT2D eigenvalue weighted by atomic mass is 16.5. The molecule has 0 aliphatic carbocycles. The van der Waals surface area contributed by atoms with Crippen molar-refractivity contribution in [2.45, 2.75) is 20.3 Å². The van der Waals surface area contributed by atoms with Crippen molar-refractivity contribution in [3.8, 4) is 5.75 Å². The lowest BCUT2D eigenvalue weighted by atomic mass is 10.00. The highest BCUT2D eigenvalue weighted by Crippen LogP contribution is 2.23. The molecule has 0 saturated carbocycles. The van der Waals surface area contributed by atoms with E-state index < -0.39 is 0 Å². The topological polar surface area (TPSA) is 51.2 Å². The number of pyridine rings is 1. The first-order valence-corrected chi connectivity index (χ1v) is 6.94. The first-order chi connectivity index (χ1) is 10.1. The Balaban J connectivity index is 1.95. The maximum Gasteiger partial charge on any atom is 0.252 e. The van der Waals surface area contributed by atoms with Gasteiger partial charge in [0, 0.05) is 18.9 Å². The van der Waals surface area contributed by atoms with Crippen molar-refractivity contribution in [1.82, 2.24) is 10.3 Å². The molecule has 1 N–H and O–H groups in total. The summed E-state index contributed by atoms with van der Waals surface area (Å²) >= 11 is 0. The van der Waals surface area contributed by atoms with E-state index in [4.69, 9.17) is 4.74 Å². The Morgan fingerprint density at radius 2 is 2.05 bits per heavy atom. The van der Waals surface area contributed by atoms with Gasteiger partial charge >= 0.3 is 0 Å². The second kappa shape index (κ2) is 6.88. The molecular formula is C17H20N2O2. The van der Waals surface area contributed by atoms with Gasteiger partial charge in [0.05, 0.1) is 12.7 Å². The Labute approximate surface area is 125 Å². The molecule has 0 saturated heterocycles. The van der Waals surface area contributed by atoms with Gasteiger partial charge in [0.15, 0.2) is 0 Å². The van der Waals surface area contributed by atoms with Crippen LogP contribution in [0.4, 0.5) is 0 Å². The largest absolute Gasteiger partial charge is 0.496 e. The number of carbonyl (C=O) groups is 1. The fourth-order valence-electron chi connectivity index (χ4n) is 2.25. The summed E-state index contributed by atoms with van der Waals surface area (Å²) < 4.78 is 5.30. The fourth-order valence-corrected chi connectivity index (χ4v) is 2.25. The van der Waals surface area contributed by atoms with Crippen LogP contribution in [0.3, 0.4) is 0 Å². The molecule has 110 valence electrons. The standard InChI is InChI=1S/C17H20N2O2/c1-12-13(2)16(21-3)7-6-14(12)8-10-19-17(20)15-5-4-9-18-11-15/h4-7,9,11H,8,10H2,1-3H3,(H,19,20). The maximum atomic E-state index is 11.9. The van der Waals surface area contributed by atoms with Gasteiger partial charge in [-0.3, -0.25) is 9.78 Å². The van der Waals surface area contributed by atoms with Gasteiger partial charge in [-0.2, -0.15) is 0 Å². The van der Waals surface area contributed by atoms with Crippen molar-refractivity contribution < 1.29 is 9.53 Å². The number of carbonyl (C=O) groups excluding carboxylic acids is 1. The van der Waals surface area contributed by atoms with E-state index in [1.54, 1.807) is 31.6 Å². The minimum absolute atomic E-state index is 0.0917. The van der Waals surface area contributed by atoms with Gasteiger partial charge in [-0.05, 0) is 55.2 Å². The predicted octanol–water partition coefficient (Wildman–Crippen LogP) is 2.68. The third-order valence-corrected chi connectivity index (χ3v) is 3.67. The molecule has 0 fully saturated rings. The van der Waals surface area contributed by atoms with Crippen LogP contribution in [0.15, 0.2) is 36.7 Å². The molecule has 0 radical (unpaired) electrons. The van der Waals surface area contributed by atoms with E-state index in [0.29, 0.717) is 12.1 Å². The van der Waals surface area contributed by atoms with Gasteiger partial charge in [0.2, 0.25) is 0 Å². The summed E-state index contributed by atoms with van der Waals surface area (Å²) in [7, 11) is 1.68. The van der Waals surface area contributed by atoms with Crippen molar-refractivity contribution in [1.29, 1.82) is 0 Å². The molecule has 4 nitrogen and oxygen atoms in total. The molecule has 0 spiro atoms. The van der Waals surface area contributed by atoms with Crippen LogP contribution in [0.25, 0.3) is 0 Å². The average Bonchev–Trinajstić information content (AvgIpc) is 2.52. The van der Waals surface area contributed by atoms with Crippen molar-refractivity contribution in [2.24, 2.45) is 0 Å². The number of rotatable bonds is 5. The highest BCUT2D eigenvalue weighted by molar-refractivity contribution is 5.93. The first-order valence-electron chi connectivity index (χ1n) is 6.94. The number of nitrogens with zero attached hydrogens (tertiary/aromatic N) is 1. The molecule has 1 heterocycles. The third kappa shape index (κ3) is 3.60. The number of methoxy groups -OCH3 is 1. The molecule has 2 aromatic rings. The predicted molar refractivity (Wildman–Crippen MR) is 82.7 cm³/mol. The van der Waals surface area contributed by atoms with Gasteiger partial charge < -0.3 is 10.1 Å². The minimum Gasteiger partial charge on any atom is -0.496 e. The van der Waals surface area contributed by atoms with Gasteiger partial charge in [0.25, 0.3) is 5.91 Å². The quantitative estimate of drug-likeness (QED) is 0.918. The number of aromatic nitrogens is 1. The smallest absolute Gasteiger partial charge is 0.252 e. The summed E-state index contributed by atoms with van der Waals surface area (Å²) in [4.78, 5) is 15.9. The van der Waals surface area contributed by atoms with Crippen LogP contribution in [-0.2, 0) is 6.42 Å². The van der Waals surface area contributed by atoms with Gasteiger partial charge in [-0.15, -0.1) is 0 Å². The summed E-state index contributed by atoms with van der Waals surface area (Å²) in [6, 6.07) is 7.54. The van der Waals surface area contributed by atoms with E-state index in [0.717, 1.165) is 17.7 Å². The summed E-state index contributed by atoms with van der Waals surface area (Å²) in [5, 5.41) is 2.91. The average molecular weight is 284 g/mol. The second-order valence-corrected chi connectivity index (χ2v) is 4.92. The lowest BCUT2D eigenvalue weighted by Crippen LogP contribution is -2.25. The summed E-state index contributed by atoms with van der Waals surface area (Å²) in [6.45, 7) is 4.72. The Bertz CT molecular complexity index is 624. The maximum absolute atomic E-state index is 11.9. The van der Waals surface area contributed by atoms with Crippen molar-refractivity contribution in [3.63, 3.8) is 0 Å². The normalized spacial score (nSPS) is 10.2. The zero-order chi connectivity index (χ0) is 15.2. The summed E-state index contributed by atoms with van der Waals surface area (Å²) in [6.07, 6.45) is 4.01. The zero-order valence-corrected chi connectivity index (χ0v) is 12.6. The van der Waals surface area contributed by atoms with Gasteiger partial charge in [-0.25, -0.2) is 0 Å². The molecule has 21 heavy (non-hydrogen) atoms. The Morgan fingerprint density at radius 1 is 1.24 bits per heavy atom. The molecule has 0 unspecified atom stereocenters. The summed E-state index contributed by atoms with van der Waals surface area (Å²) in [5.41, 5.74) is 4.17. The van der Waals surface area contributed by atoms with E-state index in [9.17, 15) is 4.79 Å². The van der Waals surface area contributed by atoms with E-state index >= 15 is 0 Å².